The third-order valence-corrected chi connectivity index (χ3v) is 8.07. The Balaban J connectivity index is 1.24. The Labute approximate surface area is 216 Å². The second kappa shape index (κ2) is 10.8. The lowest BCUT2D eigenvalue weighted by atomic mass is 9.89. The number of nitrogens with zero attached hydrogens (tertiary/aromatic N) is 5. The highest BCUT2D eigenvalue weighted by molar-refractivity contribution is 5.59. The van der Waals surface area contributed by atoms with E-state index in [1.165, 1.54) is 57.3 Å². The first-order chi connectivity index (χ1) is 18.2. The number of benzene rings is 1. The molecule has 1 N–H and O–H groups in total. The van der Waals surface area contributed by atoms with Crippen molar-refractivity contribution in [3.05, 3.63) is 59.0 Å². The summed E-state index contributed by atoms with van der Waals surface area (Å²) in [7, 11) is 0. The maximum atomic E-state index is 13.6. The first-order valence-corrected chi connectivity index (χ1v) is 13.7. The Morgan fingerprint density at radius 2 is 1.73 bits per heavy atom. The average Bonchev–Trinajstić information content (AvgIpc) is 3.58. The van der Waals surface area contributed by atoms with Crippen molar-refractivity contribution in [3.63, 3.8) is 0 Å². The number of nitrogens with one attached hydrogen (secondary N) is 1. The van der Waals surface area contributed by atoms with Gasteiger partial charge in [0, 0.05) is 31.1 Å². The summed E-state index contributed by atoms with van der Waals surface area (Å²) in [5.41, 5.74) is 1.63. The predicted octanol–water partition coefficient (Wildman–Crippen LogP) is 4.75. The van der Waals surface area contributed by atoms with Gasteiger partial charge >= 0.3 is 5.69 Å². The van der Waals surface area contributed by atoms with Crippen LogP contribution in [0.1, 0.15) is 64.0 Å². The molecule has 1 atom stereocenters. The molecule has 2 aromatic heterocycles. The SMILES string of the molecule is O=c1n(C2CCCO2)cc(-c2ccnc(NC3CCC(N4CCCCC4)CC3)n2)n1-c1ccc(F)cc1. The Bertz CT molecular complexity index is 1250. The predicted molar refractivity (Wildman–Crippen MR) is 140 cm³/mol. The summed E-state index contributed by atoms with van der Waals surface area (Å²) >= 11 is 0. The van der Waals surface area contributed by atoms with Gasteiger partial charge in [-0.25, -0.2) is 19.2 Å². The van der Waals surface area contributed by atoms with E-state index in [4.69, 9.17) is 9.72 Å². The molecule has 3 aromatic rings. The fourth-order valence-corrected chi connectivity index (χ4v) is 6.09. The van der Waals surface area contributed by atoms with Gasteiger partial charge in [0.2, 0.25) is 5.95 Å². The van der Waals surface area contributed by atoms with Crippen LogP contribution in [0.5, 0.6) is 0 Å². The summed E-state index contributed by atoms with van der Waals surface area (Å²) in [6.45, 7) is 3.13. The molecule has 37 heavy (non-hydrogen) atoms. The van der Waals surface area contributed by atoms with Crippen LogP contribution in [-0.4, -0.2) is 55.8 Å². The smallest absolute Gasteiger partial charge is 0.335 e. The van der Waals surface area contributed by atoms with Crippen LogP contribution < -0.4 is 11.0 Å². The third kappa shape index (κ3) is 5.20. The molecule has 1 unspecified atom stereocenters. The number of rotatable bonds is 6. The van der Waals surface area contributed by atoms with Gasteiger partial charge in [0.1, 0.15) is 12.0 Å². The van der Waals surface area contributed by atoms with E-state index >= 15 is 0 Å². The molecule has 3 fully saturated rings. The molecule has 2 saturated heterocycles. The highest BCUT2D eigenvalue weighted by Crippen LogP contribution is 2.29. The van der Waals surface area contributed by atoms with Gasteiger partial charge < -0.3 is 15.0 Å². The second-order valence-electron chi connectivity index (χ2n) is 10.5. The topological polar surface area (TPSA) is 77.2 Å². The van der Waals surface area contributed by atoms with Crippen molar-refractivity contribution in [2.24, 2.45) is 0 Å². The zero-order chi connectivity index (χ0) is 25.2. The molecule has 0 bridgehead atoms. The number of aromatic nitrogens is 4. The molecule has 196 valence electrons. The van der Waals surface area contributed by atoms with Crippen molar-refractivity contribution in [2.75, 3.05) is 25.0 Å². The molecule has 1 saturated carbocycles. The molecule has 9 heteroatoms. The number of ether oxygens (including phenoxy) is 1. The van der Waals surface area contributed by atoms with E-state index in [9.17, 15) is 9.18 Å². The van der Waals surface area contributed by atoms with Crippen molar-refractivity contribution in [1.29, 1.82) is 0 Å². The normalized spacial score (nSPS) is 24.8. The zero-order valence-corrected chi connectivity index (χ0v) is 21.2. The van der Waals surface area contributed by atoms with Gasteiger partial charge in [-0.2, -0.15) is 0 Å². The van der Waals surface area contributed by atoms with Gasteiger partial charge in [-0.05, 0) is 94.8 Å². The zero-order valence-electron chi connectivity index (χ0n) is 21.2. The molecule has 0 spiro atoms. The Morgan fingerprint density at radius 1 is 0.946 bits per heavy atom. The van der Waals surface area contributed by atoms with E-state index in [0.29, 0.717) is 41.7 Å². The monoisotopic (exact) mass is 506 g/mol. The standard InChI is InChI=1S/C28H35FN6O2/c29-20-6-10-23(11-7-20)35-25(19-34(28(35)36)26-5-4-18-37-26)24-14-15-30-27(32-24)31-21-8-12-22(13-9-21)33-16-2-1-3-17-33/h6-7,10-11,14-15,19,21-22,26H,1-5,8-9,12-13,16-18H2,(H,30,31,32). The van der Waals surface area contributed by atoms with Crippen molar-refractivity contribution in [2.45, 2.75) is 76.1 Å². The number of likely N-dealkylation sites (tertiary alicyclic amines) is 1. The highest BCUT2D eigenvalue weighted by atomic mass is 19.1. The molecule has 4 heterocycles. The molecule has 3 aliphatic rings. The molecule has 0 radical (unpaired) electrons. The molecule has 1 aliphatic carbocycles. The van der Waals surface area contributed by atoms with Gasteiger partial charge in [0.05, 0.1) is 17.1 Å². The number of piperidine rings is 1. The van der Waals surface area contributed by atoms with E-state index < -0.39 is 0 Å². The lowest BCUT2D eigenvalue weighted by molar-refractivity contribution is 0.0538. The van der Waals surface area contributed by atoms with E-state index in [2.05, 4.69) is 15.2 Å². The molecule has 1 aromatic carbocycles. The van der Waals surface area contributed by atoms with Crippen LogP contribution >= 0.6 is 0 Å². The van der Waals surface area contributed by atoms with Crippen LogP contribution in [0.15, 0.2) is 47.5 Å². The van der Waals surface area contributed by atoms with Crippen LogP contribution in [0, 0.1) is 5.82 Å². The summed E-state index contributed by atoms with van der Waals surface area (Å²) < 4.78 is 22.6. The molecule has 6 rings (SSSR count). The second-order valence-corrected chi connectivity index (χ2v) is 10.5. The lowest BCUT2D eigenvalue weighted by Gasteiger charge is -2.39. The number of anilines is 1. The maximum absolute atomic E-state index is 13.6. The summed E-state index contributed by atoms with van der Waals surface area (Å²) in [6, 6.07) is 8.81. The fraction of sp³-hybridized carbons (Fsp3) is 0.536. The first-order valence-electron chi connectivity index (χ1n) is 13.7. The number of hydrogen-bond donors (Lipinski definition) is 1. The van der Waals surface area contributed by atoms with Gasteiger partial charge in [0.25, 0.3) is 0 Å². The highest BCUT2D eigenvalue weighted by Gasteiger charge is 2.28. The van der Waals surface area contributed by atoms with Gasteiger partial charge in [-0.3, -0.25) is 9.13 Å². The maximum Gasteiger partial charge on any atom is 0.335 e. The average molecular weight is 507 g/mol. The van der Waals surface area contributed by atoms with Gasteiger partial charge in [0.15, 0.2) is 0 Å². The van der Waals surface area contributed by atoms with E-state index in [0.717, 1.165) is 25.7 Å². The number of hydrogen-bond acceptors (Lipinski definition) is 6. The van der Waals surface area contributed by atoms with Crippen molar-refractivity contribution in [1.82, 2.24) is 24.0 Å². The van der Waals surface area contributed by atoms with Crippen LogP contribution in [0.3, 0.4) is 0 Å². The minimum Gasteiger partial charge on any atom is -0.358 e. The Hall–Kier alpha value is -3.04. The number of imidazole rings is 1. The minimum absolute atomic E-state index is 0.224. The summed E-state index contributed by atoms with van der Waals surface area (Å²) in [6.07, 6.45) is 13.6. The summed E-state index contributed by atoms with van der Waals surface area (Å²) in [5.74, 6) is 0.224. The molecule has 0 amide bonds. The molecule has 2 aliphatic heterocycles. The van der Waals surface area contributed by atoms with Gasteiger partial charge in [-0.15, -0.1) is 0 Å². The molecular formula is C28H35FN6O2. The van der Waals surface area contributed by atoms with Crippen molar-refractivity contribution < 1.29 is 9.13 Å². The largest absolute Gasteiger partial charge is 0.358 e. The lowest BCUT2D eigenvalue weighted by Crippen LogP contribution is -2.43. The Kier molecular flexibility index (Phi) is 7.06. The Morgan fingerprint density at radius 3 is 2.46 bits per heavy atom. The molecular weight excluding hydrogens is 471 g/mol. The van der Waals surface area contributed by atoms with E-state index in [-0.39, 0.29) is 17.7 Å². The molecule has 8 nitrogen and oxygen atoms in total. The first kappa shape index (κ1) is 24.3. The fourth-order valence-electron chi connectivity index (χ4n) is 6.09. The van der Waals surface area contributed by atoms with Crippen LogP contribution in [0.25, 0.3) is 17.1 Å². The third-order valence-electron chi connectivity index (χ3n) is 8.07. The van der Waals surface area contributed by atoms with Crippen molar-refractivity contribution >= 4 is 5.95 Å². The van der Waals surface area contributed by atoms with Crippen LogP contribution in [-0.2, 0) is 4.74 Å². The van der Waals surface area contributed by atoms with Gasteiger partial charge in [-0.1, -0.05) is 6.42 Å². The summed E-state index contributed by atoms with van der Waals surface area (Å²) in [4.78, 5) is 25.5. The van der Waals surface area contributed by atoms with Crippen molar-refractivity contribution in [3.8, 4) is 17.1 Å². The van der Waals surface area contributed by atoms with E-state index in [1.807, 2.05) is 6.07 Å². The van der Waals surface area contributed by atoms with Crippen LogP contribution in [0.4, 0.5) is 10.3 Å². The van der Waals surface area contributed by atoms with E-state index in [1.54, 1.807) is 33.7 Å². The number of halogens is 1. The van der Waals surface area contributed by atoms with Crippen LogP contribution in [0.2, 0.25) is 0 Å². The minimum atomic E-state index is -0.347. The quantitative estimate of drug-likeness (QED) is 0.520. The summed E-state index contributed by atoms with van der Waals surface area (Å²) in [5, 5.41) is 3.55.